The summed E-state index contributed by atoms with van der Waals surface area (Å²) in [5.41, 5.74) is -0.250. The van der Waals surface area contributed by atoms with E-state index in [0.717, 1.165) is 58.0 Å². The SMILES string of the molecule is CCC[C@@]1(O)CC[C@@]2(COC)[C@H](CC[C@@H]3[C@@H]2CC[C@]2(C)C(=O)CC[C@@H]32)C1. The normalized spacial score (nSPS) is 50.8. The summed E-state index contributed by atoms with van der Waals surface area (Å²) in [7, 11) is 1.86. The van der Waals surface area contributed by atoms with E-state index in [9.17, 15) is 9.90 Å². The maximum absolute atomic E-state index is 12.6. The highest BCUT2D eigenvalue weighted by Gasteiger charge is 2.62. The maximum Gasteiger partial charge on any atom is 0.139 e. The molecule has 4 fully saturated rings. The number of methoxy groups -OCH3 is 1. The minimum Gasteiger partial charge on any atom is -0.390 e. The number of ether oxygens (including phenoxy) is 1. The van der Waals surface area contributed by atoms with Gasteiger partial charge < -0.3 is 9.84 Å². The van der Waals surface area contributed by atoms with Gasteiger partial charge in [-0.15, -0.1) is 0 Å². The minimum absolute atomic E-state index is 0.0418. The lowest BCUT2D eigenvalue weighted by Crippen LogP contribution is -2.58. The number of Topliss-reactive ketones (excluding diaryl/α,β-unsaturated/α-hetero) is 1. The highest BCUT2D eigenvalue weighted by atomic mass is 16.5. The van der Waals surface area contributed by atoms with Gasteiger partial charge >= 0.3 is 0 Å². The average Bonchev–Trinajstić information content (AvgIpc) is 2.91. The van der Waals surface area contributed by atoms with Crippen LogP contribution in [0.4, 0.5) is 0 Å². The smallest absolute Gasteiger partial charge is 0.139 e. The summed E-state index contributed by atoms with van der Waals surface area (Å²) in [5, 5.41) is 11.1. The van der Waals surface area contributed by atoms with Crippen molar-refractivity contribution in [3.05, 3.63) is 0 Å². The largest absolute Gasteiger partial charge is 0.390 e. The molecule has 4 aliphatic rings. The molecule has 148 valence electrons. The Morgan fingerprint density at radius 1 is 1.12 bits per heavy atom. The predicted molar refractivity (Wildman–Crippen MR) is 103 cm³/mol. The number of hydrogen-bond acceptors (Lipinski definition) is 3. The van der Waals surface area contributed by atoms with Crippen LogP contribution in [0.5, 0.6) is 0 Å². The standard InChI is InChI=1S/C23H38O3/c1-4-10-22(25)12-13-23(15-26-3)16(14-22)5-6-17-18-7-8-20(24)21(18,2)11-9-19(17)23/h16-19,25H,4-15H2,1-3H3/t16-,17+,18+,19+,21+,22-,23-/m1/s1. The van der Waals surface area contributed by atoms with E-state index in [2.05, 4.69) is 13.8 Å². The number of fused-ring (bicyclic) bond motifs is 5. The fourth-order valence-electron chi connectivity index (χ4n) is 8.14. The first-order valence-electron chi connectivity index (χ1n) is 11.1. The van der Waals surface area contributed by atoms with Crippen molar-refractivity contribution in [3.8, 4) is 0 Å². The summed E-state index contributed by atoms with van der Waals surface area (Å²) in [5.74, 6) is 3.11. The zero-order chi connectivity index (χ0) is 18.6. The number of hydrogen-bond donors (Lipinski definition) is 1. The van der Waals surface area contributed by atoms with E-state index < -0.39 is 5.60 Å². The lowest BCUT2D eigenvalue weighted by Gasteiger charge is -2.62. The van der Waals surface area contributed by atoms with Gasteiger partial charge in [-0.25, -0.2) is 0 Å². The van der Waals surface area contributed by atoms with E-state index in [0.29, 0.717) is 29.5 Å². The summed E-state index contributed by atoms with van der Waals surface area (Å²) >= 11 is 0. The van der Waals surface area contributed by atoms with Crippen molar-refractivity contribution in [2.45, 2.75) is 90.1 Å². The fraction of sp³-hybridized carbons (Fsp3) is 0.957. The van der Waals surface area contributed by atoms with Gasteiger partial charge in [-0.2, -0.15) is 0 Å². The van der Waals surface area contributed by atoms with Crippen LogP contribution in [0.1, 0.15) is 84.5 Å². The Morgan fingerprint density at radius 3 is 2.65 bits per heavy atom. The third-order valence-electron chi connectivity index (χ3n) is 9.36. The molecule has 0 amide bonds. The van der Waals surface area contributed by atoms with Gasteiger partial charge in [0.05, 0.1) is 12.2 Å². The van der Waals surface area contributed by atoms with Gasteiger partial charge in [0.1, 0.15) is 5.78 Å². The Bertz CT molecular complexity index is 560. The van der Waals surface area contributed by atoms with E-state index in [4.69, 9.17) is 4.74 Å². The lowest BCUT2D eigenvalue weighted by atomic mass is 9.43. The Balaban J connectivity index is 1.63. The van der Waals surface area contributed by atoms with Crippen molar-refractivity contribution < 1.29 is 14.6 Å². The molecule has 4 rings (SSSR count). The van der Waals surface area contributed by atoms with Gasteiger partial charge in [0.25, 0.3) is 0 Å². The molecule has 0 unspecified atom stereocenters. The van der Waals surface area contributed by atoms with Crippen molar-refractivity contribution in [1.29, 1.82) is 0 Å². The molecule has 7 atom stereocenters. The molecule has 0 spiro atoms. The van der Waals surface area contributed by atoms with Crippen LogP contribution in [0, 0.1) is 34.5 Å². The molecule has 0 heterocycles. The molecular formula is C23H38O3. The van der Waals surface area contributed by atoms with E-state index >= 15 is 0 Å². The highest BCUT2D eigenvalue weighted by molar-refractivity contribution is 5.87. The number of aliphatic hydroxyl groups is 1. The second-order valence-corrected chi connectivity index (χ2v) is 10.4. The number of carbonyl (C=O) groups is 1. The second kappa shape index (κ2) is 6.58. The summed E-state index contributed by atoms with van der Waals surface area (Å²) in [4.78, 5) is 12.6. The molecule has 0 radical (unpaired) electrons. The van der Waals surface area contributed by atoms with Gasteiger partial charge in [0.2, 0.25) is 0 Å². The molecule has 0 saturated heterocycles. The van der Waals surface area contributed by atoms with E-state index in [1.165, 1.54) is 19.3 Å². The maximum atomic E-state index is 12.6. The Labute approximate surface area is 159 Å². The van der Waals surface area contributed by atoms with E-state index in [1.807, 2.05) is 7.11 Å². The van der Waals surface area contributed by atoms with Crippen LogP contribution in [0.3, 0.4) is 0 Å². The van der Waals surface area contributed by atoms with Crippen LogP contribution in [0.15, 0.2) is 0 Å². The third-order valence-corrected chi connectivity index (χ3v) is 9.36. The molecule has 1 N–H and O–H groups in total. The summed E-state index contributed by atoms with van der Waals surface area (Å²) < 4.78 is 5.83. The summed E-state index contributed by atoms with van der Waals surface area (Å²) in [6.45, 7) is 5.29. The number of carbonyl (C=O) groups excluding carboxylic acids is 1. The zero-order valence-corrected chi connectivity index (χ0v) is 17.1. The van der Waals surface area contributed by atoms with Crippen molar-refractivity contribution >= 4 is 5.78 Å². The molecule has 4 aliphatic carbocycles. The van der Waals surface area contributed by atoms with Crippen LogP contribution < -0.4 is 0 Å². The minimum atomic E-state index is -0.448. The highest BCUT2D eigenvalue weighted by Crippen LogP contribution is 2.66. The van der Waals surface area contributed by atoms with E-state index in [1.54, 1.807) is 0 Å². The van der Waals surface area contributed by atoms with Gasteiger partial charge in [0.15, 0.2) is 0 Å². The Hall–Kier alpha value is -0.410. The van der Waals surface area contributed by atoms with Gasteiger partial charge in [-0.3, -0.25) is 4.79 Å². The van der Waals surface area contributed by atoms with Gasteiger partial charge in [0, 0.05) is 18.9 Å². The number of rotatable bonds is 4. The molecule has 3 nitrogen and oxygen atoms in total. The fourth-order valence-corrected chi connectivity index (χ4v) is 8.14. The first-order valence-corrected chi connectivity index (χ1v) is 11.1. The van der Waals surface area contributed by atoms with Crippen LogP contribution >= 0.6 is 0 Å². The van der Waals surface area contributed by atoms with Gasteiger partial charge in [-0.05, 0) is 86.9 Å². The first kappa shape index (κ1) is 18.9. The average molecular weight is 363 g/mol. The van der Waals surface area contributed by atoms with Crippen LogP contribution in [-0.2, 0) is 9.53 Å². The molecule has 0 aromatic carbocycles. The zero-order valence-electron chi connectivity index (χ0n) is 17.1. The van der Waals surface area contributed by atoms with Gasteiger partial charge in [-0.1, -0.05) is 20.3 Å². The van der Waals surface area contributed by atoms with Crippen molar-refractivity contribution in [1.82, 2.24) is 0 Å². The lowest BCUT2D eigenvalue weighted by molar-refractivity contribution is -0.177. The topological polar surface area (TPSA) is 46.5 Å². The molecule has 0 aromatic heterocycles. The van der Waals surface area contributed by atoms with E-state index in [-0.39, 0.29) is 10.8 Å². The molecule has 0 aliphatic heterocycles. The first-order chi connectivity index (χ1) is 12.4. The molecule has 4 saturated carbocycles. The van der Waals surface area contributed by atoms with Crippen LogP contribution in [0.25, 0.3) is 0 Å². The molecule has 26 heavy (non-hydrogen) atoms. The van der Waals surface area contributed by atoms with Crippen molar-refractivity contribution in [2.75, 3.05) is 13.7 Å². The molecule has 0 aromatic rings. The van der Waals surface area contributed by atoms with Crippen LogP contribution in [-0.4, -0.2) is 30.2 Å². The van der Waals surface area contributed by atoms with Crippen LogP contribution in [0.2, 0.25) is 0 Å². The monoisotopic (exact) mass is 362 g/mol. The van der Waals surface area contributed by atoms with Crippen molar-refractivity contribution in [3.63, 3.8) is 0 Å². The molecule has 0 bridgehead atoms. The Morgan fingerprint density at radius 2 is 1.92 bits per heavy atom. The second-order valence-electron chi connectivity index (χ2n) is 10.4. The Kier molecular flexibility index (Phi) is 4.79. The molecule has 3 heteroatoms. The predicted octanol–water partition coefficient (Wildman–Crippen LogP) is 4.76. The third kappa shape index (κ3) is 2.64. The number of ketones is 1. The quantitative estimate of drug-likeness (QED) is 0.784. The molecular weight excluding hydrogens is 324 g/mol. The summed E-state index contributed by atoms with van der Waals surface area (Å²) in [6.07, 6.45) is 11.7. The summed E-state index contributed by atoms with van der Waals surface area (Å²) in [6, 6.07) is 0. The van der Waals surface area contributed by atoms with Crippen molar-refractivity contribution in [2.24, 2.45) is 34.5 Å².